The Hall–Kier alpha value is -2.70. The van der Waals surface area contributed by atoms with E-state index < -0.39 is 0 Å². The third kappa shape index (κ3) is 4.05. The Morgan fingerprint density at radius 3 is 2.84 bits per heavy atom. The lowest BCUT2D eigenvalue weighted by Crippen LogP contribution is -2.42. The van der Waals surface area contributed by atoms with E-state index in [9.17, 15) is 4.79 Å². The molecule has 1 amide bonds. The first-order chi connectivity index (χ1) is 15.5. The molecule has 1 aromatic carbocycles. The van der Waals surface area contributed by atoms with Crippen molar-refractivity contribution in [1.82, 2.24) is 19.7 Å². The Labute approximate surface area is 193 Å². The predicted molar refractivity (Wildman–Crippen MR) is 124 cm³/mol. The lowest BCUT2D eigenvalue weighted by Gasteiger charge is -2.31. The van der Waals surface area contributed by atoms with Crippen molar-refractivity contribution in [3.05, 3.63) is 69.6 Å². The normalized spacial score (nSPS) is 18.3. The largest absolute Gasteiger partial charge is 0.376 e. The van der Waals surface area contributed by atoms with Crippen molar-refractivity contribution in [2.45, 2.75) is 38.7 Å². The highest BCUT2D eigenvalue weighted by molar-refractivity contribution is 6.32. The van der Waals surface area contributed by atoms with Crippen LogP contribution in [0.2, 0.25) is 5.02 Å². The average molecular weight is 451 g/mol. The number of ether oxygens (including phenoxy) is 1. The maximum Gasteiger partial charge on any atom is 0.254 e. The van der Waals surface area contributed by atoms with Crippen LogP contribution in [0.4, 0.5) is 0 Å². The van der Waals surface area contributed by atoms with Crippen molar-refractivity contribution in [3.63, 3.8) is 0 Å². The Morgan fingerprint density at radius 2 is 2.16 bits per heavy atom. The van der Waals surface area contributed by atoms with Crippen molar-refractivity contribution >= 4 is 17.5 Å². The molecule has 2 aromatic heterocycles. The number of hydrogen-bond acceptors (Lipinski definition) is 4. The van der Waals surface area contributed by atoms with Gasteiger partial charge in [-0.25, -0.2) is 0 Å². The molecule has 166 valence electrons. The van der Waals surface area contributed by atoms with Crippen molar-refractivity contribution in [2.24, 2.45) is 7.05 Å². The number of carbonyl (C=O) groups is 1. The van der Waals surface area contributed by atoms with Crippen molar-refractivity contribution in [2.75, 3.05) is 19.7 Å². The predicted octanol–water partition coefficient (Wildman–Crippen LogP) is 4.21. The Bertz CT molecular complexity index is 1150. The number of rotatable bonds is 5. The molecule has 0 spiro atoms. The van der Waals surface area contributed by atoms with Crippen LogP contribution in [0, 0.1) is 6.92 Å². The molecule has 32 heavy (non-hydrogen) atoms. The highest BCUT2D eigenvalue weighted by Crippen LogP contribution is 2.33. The molecule has 7 heteroatoms. The van der Waals surface area contributed by atoms with Gasteiger partial charge in [-0.2, -0.15) is 5.10 Å². The van der Waals surface area contributed by atoms with Gasteiger partial charge in [-0.1, -0.05) is 17.7 Å². The number of fused-ring (bicyclic) bond motifs is 1. The van der Waals surface area contributed by atoms with E-state index in [4.69, 9.17) is 16.3 Å². The first kappa shape index (κ1) is 21.2. The molecule has 1 atom stereocenters. The second-order valence-corrected chi connectivity index (χ2v) is 9.15. The van der Waals surface area contributed by atoms with E-state index in [0.29, 0.717) is 19.5 Å². The summed E-state index contributed by atoms with van der Waals surface area (Å²) in [6, 6.07) is 6.12. The van der Waals surface area contributed by atoms with Gasteiger partial charge in [0.2, 0.25) is 0 Å². The molecule has 4 heterocycles. The SMILES string of the molecule is Cc1c(Cc2ccc(-c3cnn(C)c3)nc2)cc2c(c1Cl)CCN(CC1CCCO1)C2=O. The molecule has 0 bridgehead atoms. The van der Waals surface area contributed by atoms with E-state index in [1.807, 2.05) is 49.6 Å². The van der Waals surface area contributed by atoms with Gasteiger partial charge in [0.15, 0.2) is 0 Å². The summed E-state index contributed by atoms with van der Waals surface area (Å²) in [7, 11) is 1.89. The minimum Gasteiger partial charge on any atom is -0.376 e. The summed E-state index contributed by atoms with van der Waals surface area (Å²) < 4.78 is 7.51. The molecule has 1 fully saturated rings. The third-order valence-electron chi connectivity index (χ3n) is 6.54. The number of nitrogens with zero attached hydrogens (tertiary/aromatic N) is 4. The fourth-order valence-electron chi connectivity index (χ4n) is 4.67. The lowest BCUT2D eigenvalue weighted by atomic mass is 9.90. The van der Waals surface area contributed by atoms with Crippen molar-refractivity contribution in [3.8, 4) is 11.3 Å². The zero-order valence-electron chi connectivity index (χ0n) is 18.5. The van der Waals surface area contributed by atoms with Gasteiger partial charge in [0, 0.05) is 55.3 Å². The fraction of sp³-hybridized carbons (Fsp3) is 0.400. The maximum absolute atomic E-state index is 13.3. The van der Waals surface area contributed by atoms with E-state index >= 15 is 0 Å². The molecule has 1 saturated heterocycles. The van der Waals surface area contributed by atoms with Gasteiger partial charge in [-0.05, 0) is 67.0 Å². The Kier molecular flexibility index (Phi) is 5.74. The van der Waals surface area contributed by atoms with Crippen LogP contribution in [-0.4, -0.2) is 51.4 Å². The molecule has 6 nitrogen and oxygen atoms in total. The molecule has 0 radical (unpaired) electrons. The molecule has 5 rings (SSSR count). The van der Waals surface area contributed by atoms with Gasteiger partial charge in [-0.15, -0.1) is 0 Å². The van der Waals surface area contributed by atoms with Crippen LogP contribution in [0.5, 0.6) is 0 Å². The summed E-state index contributed by atoms with van der Waals surface area (Å²) in [6.07, 6.45) is 9.37. The molecule has 0 aliphatic carbocycles. The second kappa shape index (κ2) is 8.68. The quantitative estimate of drug-likeness (QED) is 0.584. The van der Waals surface area contributed by atoms with Crippen LogP contribution in [-0.2, 0) is 24.6 Å². The Balaban J connectivity index is 1.38. The summed E-state index contributed by atoms with van der Waals surface area (Å²) >= 11 is 6.75. The van der Waals surface area contributed by atoms with E-state index in [1.54, 1.807) is 4.68 Å². The van der Waals surface area contributed by atoms with Crippen LogP contribution in [0.25, 0.3) is 11.3 Å². The number of aromatic nitrogens is 3. The smallest absolute Gasteiger partial charge is 0.254 e. The first-order valence-electron chi connectivity index (χ1n) is 11.2. The zero-order valence-corrected chi connectivity index (χ0v) is 19.2. The highest BCUT2D eigenvalue weighted by atomic mass is 35.5. The average Bonchev–Trinajstić information content (AvgIpc) is 3.46. The van der Waals surface area contributed by atoms with E-state index in [1.165, 1.54) is 0 Å². The van der Waals surface area contributed by atoms with E-state index in [2.05, 4.69) is 16.1 Å². The Morgan fingerprint density at radius 1 is 1.28 bits per heavy atom. The lowest BCUT2D eigenvalue weighted by molar-refractivity contribution is 0.0510. The standard InChI is InChI=1S/C25H27ClN4O2/c1-16-18(10-17-5-6-23(27-12-17)19-13-28-29(2)14-19)11-22-21(24(16)26)7-8-30(25(22)31)15-20-4-3-9-32-20/h5-6,11-14,20H,3-4,7-10,15H2,1-2H3. The van der Waals surface area contributed by atoms with Crippen molar-refractivity contribution in [1.29, 1.82) is 0 Å². The van der Waals surface area contributed by atoms with E-state index in [-0.39, 0.29) is 12.0 Å². The summed E-state index contributed by atoms with van der Waals surface area (Å²) in [6.45, 7) is 4.20. The van der Waals surface area contributed by atoms with Crippen LogP contribution in [0.3, 0.4) is 0 Å². The van der Waals surface area contributed by atoms with Crippen LogP contribution in [0.1, 0.15) is 45.5 Å². The number of benzene rings is 1. The minimum atomic E-state index is 0.0648. The first-order valence-corrected chi connectivity index (χ1v) is 11.5. The number of halogens is 1. The summed E-state index contributed by atoms with van der Waals surface area (Å²) in [5.41, 5.74) is 6.78. The number of amides is 1. The number of carbonyl (C=O) groups excluding carboxylic acids is 1. The number of aryl methyl sites for hydroxylation is 1. The third-order valence-corrected chi connectivity index (χ3v) is 7.05. The molecular weight excluding hydrogens is 424 g/mol. The maximum atomic E-state index is 13.3. The van der Waals surface area contributed by atoms with Gasteiger partial charge in [0.1, 0.15) is 0 Å². The van der Waals surface area contributed by atoms with Crippen LogP contribution < -0.4 is 0 Å². The molecule has 0 N–H and O–H groups in total. The molecule has 2 aliphatic heterocycles. The van der Waals surface area contributed by atoms with Gasteiger partial charge < -0.3 is 9.64 Å². The molecule has 0 saturated carbocycles. The molecule has 2 aliphatic rings. The van der Waals surface area contributed by atoms with Crippen molar-refractivity contribution < 1.29 is 9.53 Å². The van der Waals surface area contributed by atoms with Gasteiger partial charge in [0.05, 0.1) is 18.0 Å². The monoisotopic (exact) mass is 450 g/mol. The number of hydrogen-bond donors (Lipinski definition) is 0. The van der Waals surface area contributed by atoms with E-state index in [0.717, 1.165) is 70.0 Å². The fourth-order valence-corrected chi connectivity index (χ4v) is 4.99. The number of pyridine rings is 1. The van der Waals surface area contributed by atoms with Gasteiger partial charge in [0.25, 0.3) is 5.91 Å². The molecular formula is C25H27ClN4O2. The minimum absolute atomic E-state index is 0.0648. The van der Waals surface area contributed by atoms with Gasteiger partial charge in [-0.3, -0.25) is 14.5 Å². The highest BCUT2D eigenvalue weighted by Gasteiger charge is 2.30. The summed E-state index contributed by atoms with van der Waals surface area (Å²) in [4.78, 5) is 19.8. The molecule has 1 unspecified atom stereocenters. The van der Waals surface area contributed by atoms with Crippen LogP contribution in [0.15, 0.2) is 36.8 Å². The van der Waals surface area contributed by atoms with Gasteiger partial charge >= 0.3 is 0 Å². The second-order valence-electron chi connectivity index (χ2n) is 8.77. The summed E-state index contributed by atoms with van der Waals surface area (Å²) in [5, 5.41) is 4.93. The summed E-state index contributed by atoms with van der Waals surface area (Å²) in [5.74, 6) is 0.0648. The topological polar surface area (TPSA) is 60.3 Å². The zero-order chi connectivity index (χ0) is 22.2. The molecule has 3 aromatic rings. The van der Waals surface area contributed by atoms with Crippen LogP contribution >= 0.6 is 11.6 Å².